The Morgan fingerprint density at radius 3 is 2.54 bits per heavy atom. The zero-order chi connectivity index (χ0) is 19.9. The highest BCUT2D eigenvalue weighted by Crippen LogP contribution is 2.17. The third kappa shape index (κ3) is 5.48. The van der Waals surface area contributed by atoms with Crippen LogP contribution in [0.5, 0.6) is 0 Å². The van der Waals surface area contributed by atoms with Crippen molar-refractivity contribution >= 4 is 11.8 Å². The molecule has 152 valence electrons. The van der Waals surface area contributed by atoms with E-state index in [0.29, 0.717) is 25.4 Å². The molecule has 0 saturated carbocycles. The fraction of sp³-hybridized carbons (Fsp3) is 0.524. The summed E-state index contributed by atoms with van der Waals surface area (Å²) in [6, 6.07) is 6.93. The predicted octanol–water partition coefficient (Wildman–Crippen LogP) is 3.18. The van der Waals surface area contributed by atoms with E-state index in [4.69, 9.17) is 13.6 Å². The fourth-order valence-corrected chi connectivity index (χ4v) is 3.36. The van der Waals surface area contributed by atoms with Crippen LogP contribution in [0, 0.1) is 5.92 Å². The molecule has 0 aliphatic carbocycles. The van der Waals surface area contributed by atoms with Gasteiger partial charge in [0.05, 0.1) is 25.2 Å². The quantitative estimate of drug-likeness (QED) is 0.659. The van der Waals surface area contributed by atoms with Crippen LogP contribution < -0.4 is 0 Å². The van der Waals surface area contributed by atoms with Crippen LogP contribution in [0.25, 0.3) is 0 Å². The molecular formula is C21H28N2O5. The molecule has 1 aliphatic heterocycles. The number of hydrogen-bond acceptors (Lipinski definition) is 5. The standard InChI is InChI=1S/C21H28N2O5/c1-16(2)12-23(21(25)19-8-5-11-28-19)15-20(24)22(13-17-6-3-9-26-17)14-18-7-4-10-27-18/h3,5-6,8-9,11,16,18H,4,7,10,12-15H2,1-2H3. The summed E-state index contributed by atoms with van der Waals surface area (Å²) >= 11 is 0. The van der Waals surface area contributed by atoms with Crippen LogP contribution in [0.4, 0.5) is 0 Å². The maximum atomic E-state index is 13.1. The average molecular weight is 388 g/mol. The van der Waals surface area contributed by atoms with Gasteiger partial charge >= 0.3 is 0 Å². The Morgan fingerprint density at radius 1 is 1.14 bits per heavy atom. The lowest BCUT2D eigenvalue weighted by atomic mass is 10.2. The first-order valence-corrected chi connectivity index (χ1v) is 9.77. The number of amides is 2. The van der Waals surface area contributed by atoms with Crippen LogP contribution in [-0.2, 0) is 16.1 Å². The molecule has 3 heterocycles. The molecule has 2 amide bonds. The second-order valence-electron chi connectivity index (χ2n) is 7.55. The maximum Gasteiger partial charge on any atom is 0.290 e. The molecule has 2 aromatic heterocycles. The average Bonchev–Trinajstić information content (AvgIpc) is 3.42. The molecule has 0 aromatic carbocycles. The van der Waals surface area contributed by atoms with Crippen molar-refractivity contribution in [3.8, 4) is 0 Å². The maximum absolute atomic E-state index is 13.1. The van der Waals surface area contributed by atoms with Gasteiger partial charge < -0.3 is 23.4 Å². The van der Waals surface area contributed by atoms with Crippen LogP contribution in [0.2, 0.25) is 0 Å². The summed E-state index contributed by atoms with van der Waals surface area (Å²) in [5.41, 5.74) is 0. The SMILES string of the molecule is CC(C)CN(CC(=O)N(Cc1ccco1)CC1CCCO1)C(=O)c1ccco1. The minimum atomic E-state index is -0.276. The molecule has 3 rings (SSSR count). The van der Waals surface area contributed by atoms with Crippen molar-refractivity contribution < 1.29 is 23.2 Å². The highest BCUT2D eigenvalue weighted by atomic mass is 16.5. The Morgan fingerprint density at radius 2 is 1.93 bits per heavy atom. The topological polar surface area (TPSA) is 76.1 Å². The number of hydrogen-bond donors (Lipinski definition) is 0. The molecule has 0 spiro atoms. The minimum Gasteiger partial charge on any atom is -0.467 e. The lowest BCUT2D eigenvalue weighted by molar-refractivity contribution is -0.134. The van der Waals surface area contributed by atoms with E-state index >= 15 is 0 Å². The van der Waals surface area contributed by atoms with E-state index < -0.39 is 0 Å². The second kappa shape index (κ2) is 9.59. The third-order valence-electron chi connectivity index (χ3n) is 4.66. The molecule has 7 heteroatoms. The van der Waals surface area contributed by atoms with E-state index in [2.05, 4.69) is 0 Å². The zero-order valence-electron chi connectivity index (χ0n) is 16.5. The van der Waals surface area contributed by atoms with Crippen molar-refractivity contribution in [2.75, 3.05) is 26.2 Å². The van der Waals surface area contributed by atoms with Gasteiger partial charge in [0.25, 0.3) is 5.91 Å². The van der Waals surface area contributed by atoms with Crippen molar-refractivity contribution in [1.82, 2.24) is 9.80 Å². The summed E-state index contributed by atoms with van der Waals surface area (Å²) in [6.45, 7) is 6.06. The lowest BCUT2D eigenvalue weighted by Crippen LogP contribution is -2.46. The van der Waals surface area contributed by atoms with Gasteiger partial charge in [-0.3, -0.25) is 9.59 Å². The van der Waals surface area contributed by atoms with Crippen LogP contribution in [0.1, 0.15) is 43.0 Å². The normalized spacial score (nSPS) is 16.5. The fourth-order valence-electron chi connectivity index (χ4n) is 3.36. The van der Waals surface area contributed by atoms with E-state index in [1.54, 1.807) is 34.3 Å². The van der Waals surface area contributed by atoms with Crippen molar-refractivity contribution in [3.05, 3.63) is 48.3 Å². The molecular weight excluding hydrogens is 360 g/mol. The first kappa shape index (κ1) is 20.2. The number of carbonyl (C=O) groups is 2. The number of ether oxygens (including phenoxy) is 1. The van der Waals surface area contributed by atoms with Crippen molar-refractivity contribution in [2.45, 2.75) is 39.3 Å². The van der Waals surface area contributed by atoms with E-state index in [0.717, 1.165) is 19.4 Å². The third-order valence-corrected chi connectivity index (χ3v) is 4.66. The van der Waals surface area contributed by atoms with Gasteiger partial charge in [-0.05, 0) is 43.0 Å². The first-order chi connectivity index (χ1) is 13.5. The largest absolute Gasteiger partial charge is 0.467 e. The Balaban J connectivity index is 1.71. The van der Waals surface area contributed by atoms with E-state index in [1.165, 1.54) is 6.26 Å². The van der Waals surface area contributed by atoms with Gasteiger partial charge in [-0.25, -0.2) is 0 Å². The Bertz CT molecular complexity index is 733. The van der Waals surface area contributed by atoms with Crippen molar-refractivity contribution in [2.24, 2.45) is 5.92 Å². The molecule has 2 aromatic rings. The molecule has 0 bridgehead atoms. The summed E-state index contributed by atoms with van der Waals surface area (Å²) in [5.74, 6) is 0.766. The molecule has 0 radical (unpaired) electrons. The predicted molar refractivity (Wildman–Crippen MR) is 103 cm³/mol. The summed E-state index contributed by atoms with van der Waals surface area (Å²) in [5, 5.41) is 0. The highest BCUT2D eigenvalue weighted by molar-refractivity contribution is 5.94. The molecule has 1 aliphatic rings. The molecule has 28 heavy (non-hydrogen) atoms. The van der Waals surface area contributed by atoms with E-state index in [1.807, 2.05) is 19.9 Å². The van der Waals surface area contributed by atoms with Gasteiger partial charge in [-0.15, -0.1) is 0 Å². The van der Waals surface area contributed by atoms with Gasteiger partial charge in [0, 0.05) is 19.7 Å². The number of nitrogens with zero attached hydrogens (tertiary/aromatic N) is 2. The molecule has 1 unspecified atom stereocenters. The minimum absolute atomic E-state index is 0.00879. The summed E-state index contributed by atoms with van der Waals surface area (Å²) in [7, 11) is 0. The Hall–Kier alpha value is -2.54. The summed E-state index contributed by atoms with van der Waals surface area (Å²) in [4.78, 5) is 29.2. The summed E-state index contributed by atoms with van der Waals surface area (Å²) < 4.78 is 16.4. The van der Waals surface area contributed by atoms with Gasteiger partial charge in [0.2, 0.25) is 5.91 Å². The van der Waals surface area contributed by atoms with Gasteiger partial charge in [0.15, 0.2) is 5.76 Å². The Kier molecular flexibility index (Phi) is 6.92. The molecule has 1 saturated heterocycles. The van der Waals surface area contributed by atoms with Crippen LogP contribution in [0.15, 0.2) is 45.6 Å². The highest BCUT2D eigenvalue weighted by Gasteiger charge is 2.27. The second-order valence-corrected chi connectivity index (χ2v) is 7.55. The van der Waals surface area contributed by atoms with Gasteiger partial charge in [-0.1, -0.05) is 13.8 Å². The monoisotopic (exact) mass is 388 g/mol. The number of rotatable bonds is 9. The van der Waals surface area contributed by atoms with Gasteiger partial charge in [-0.2, -0.15) is 0 Å². The lowest BCUT2D eigenvalue weighted by Gasteiger charge is -2.29. The van der Waals surface area contributed by atoms with Gasteiger partial charge in [0.1, 0.15) is 12.3 Å². The van der Waals surface area contributed by atoms with E-state index in [-0.39, 0.29) is 36.1 Å². The number of carbonyl (C=O) groups excluding carboxylic acids is 2. The van der Waals surface area contributed by atoms with E-state index in [9.17, 15) is 9.59 Å². The first-order valence-electron chi connectivity index (χ1n) is 9.77. The summed E-state index contributed by atoms with van der Waals surface area (Å²) in [6.07, 6.45) is 5.02. The van der Waals surface area contributed by atoms with Crippen molar-refractivity contribution in [3.63, 3.8) is 0 Å². The molecule has 0 N–H and O–H groups in total. The molecule has 1 atom stereocenters. The smallest absolute Gasteiger partial charge is 0.290 e. The molecule has 7 nitrogen and oxygen atoms in total. The number of furan rings is 2. The van der Waals surface area contributed by atoms with Crippen LogP contribution in [-0.4, -0.2) is 54.0 Å². The Labute approximate surface area is 165 Å². The van der Waals surface area contributed by atoms with Crippen LogP contribution in [0.3, 0.4) is 0 Å². The van der Waals surface area contributed by atoms with Crippen LogP contribution >= 0.6 is 0 Å². The zero-order valence-corrected chi connectivity index (χ0v) is 16.5. The van der Waals surface area contributed by atoms with Crippen molar-refractivity contribution in [1.29, 1.82) is 0 Å². The molecule has 1 fully saturated rings.